The zero-order chi connectivity index (χ0) is 19.2. The number of methoxy groups -OCH3 is 1. The van der Waals surface area contributed by atoms with Gasteiger partial charge >= 0.3 is 6.03 Å². The predicted molar refractivity (Wildman–Crippen MR) is 107 cm³/mol. The van der Waals surface area contributed by atoms with Gasteiger partial charge in [-0.1, -0.05) is 23.7 Å². The van der Waals surface area contributed by atoms with E-state index >= 15 is 0 Å². The van der Waals surface area contributed by atoms with Crippen LogP contribution in [-0.4, -0.2) is 23.1 Å². The van der Waals surface area contributed by atoms with E-state index in [-0.39, 0.29) is 6.03 Å². The molecule has 0 saturated heterocycles. The van der Waals surface area contributed by atoms with Crippen molar-refractivity contribution in [1.29, 1.82) is 0 Å². The summed E-state index contributed by atoms with van der Waals surface area (Å²) in [5, 5.41) is 9.10. The van der Waals surface area contributed by atoms with Crippen LogP contribution >= 0.6 is 11.6 Å². The van der Waals surface area contributed by atoms with E-state index in [9.17, 15) is 4.79 Å². The molecule has 3 aromatic rings. The highest BCUT2D eigenvalue weighted by molar-refractivity contribution is 6.33. The third kappa shape index (κ3) is 5.08. The molecule has 0 atom stereocenters. The van der Waals surface area contributed by atoms with Gasteiger partial charge in [-0.05, 0) is 43.3 Å². The number of hydrogen-bond acceptors (Lipinski definition) is 5. The second-order valence-corrected chi connectivity index (χ2v) is 6.01. The number of para-hydroxylation sites is 1. The fraction of sp³-hybridized carbons (Fsp3) is 0.105. The van der Waals surface area contributed by atoms with Crippen molar-refractivity contribution in [3.05, 3.63) is 65.4 Å². The second-order valence-electron chi connectivity index (χ2n) is 5.60. The fourth-order valence-corrected chi connectivity index (χ4v) is 2.52. The first kappa shape index (κ1) is 18.5. The highest BCUT2D eigenvalue weighted by Crippen LogP contribution is 2.22. The molecule has 1 heterocycles. The lowest BCUT2D eigenvalue weighted by atomic mass is 10.2. The van der Waals surface area contributed by atoms with Gasteiger partial charge in [0.05, 0.1) is 17.8 Å². The molecule has 0 saturated carbocycles. The molecule has 138 valence electrons. The van der Waals surface area contributed by atoms with Crippen LogP contribution in [0.5, 0.6) is 5.88 Å². The summed E-state index contributed by atoms with van der Waals surface area (Å²) in [6.07, 6.45) is 0. The summed E-state index contributed by atoms with van der Waals surface area (Å²) in [5.41, 5.74) is 2.00. The van der Waals surface area contributed by atoms with Gasteiger partial charge in [0.2, 0.25) is 5.88 Å². The first-order valence-corrected chi connectivity index (χ1v) is 8.50. The highest BCUT2D eigenvalue weighted by atomic mass is 35.5. The van der Waals surface area contributed by atoms with E-state index < -0.39 is 0 Å². The number of anilines is 4. The monoisotopic (exact) mass is 383 g/mol. The van der Waals surface area contributed by atoms with E-state index in [1.54, 1.807) is 56.5 Å². The quantitative estimate of drug-likeness (QED) is 0.587. The molecule has 0 bridgehead atoms. The van der Waals surface area contributed by atoms with Crippen LogP contribution in [0.2, 0.25) is 5.02 Å². The maximum atomic E-state index is 12.1. The van der Waals surface area contributed by atoms with Gasteiger partial charge in [0, 0.05) is 17.4 Å². The van der Waals surface area contributed by atoms with Crippen molar-refractivity contribution in [2.24, 2.45) is 0 Å². The summed E-state index contributed by atoms with van der Waals surface area (Å²) in [6, 6.07) is 15.6. The minimum Gasteiger partial charge on any atom is -0.481 e. The molecule has 0 aliphatic rings. The largest absolute Gasteiger partial charge is 0.481 e. The van der Waals surface area contributed by atoms with E-state index in [0.717, 1.165) is 5.69 Å². The molecule has 0 aliphatic heterocycles. The van der Waals surface area contributed by atoms with Crippen LogP contribution in [0.4, 0.5) is 27.7 Å². The predicted octanol–water partition coefficient (Wildman–Crippen LogP) is 4.83. The lowest BCUT2D eigenvalue weighted by molar-refractivity contribution is 0.262. The number of rotatable bonds is 5. The number of aromatic nitrogens is 2. The number of halogens is 1. The molecule has 0 radical (unpaired) electrons. The van der Waals surface area contributed by atoms with Crippen LogP contribution in [0.3, 0.4) is 0 Å². The number of nitrogens with zero attached hydrogens (tertiary/aromatic N) is 2. The number of hydrogen-bond donors (Lipinski definition) is 3. The average Bonchev–Trinajstić information content (AvgIpc) is 2.65. The van der Waals surface area contributed by atoms with Gasteiger partial charge in [0.15, 0.2) is 0 Å². The van der Waals surface area contributed by atoms with E-state index in [0.29, 0.717) is 33.9 Å². The van der Waals surface area contributed by atoms with Gasteiger partial charge < -0.3 is 20.7 Å². The van der Waals surface area contributed by atoms with E-state index in [1.807, 2.05) is 12.1 Å². The molecule has 1 aromatic heterocycles. The molecular weight excluding hydrogens is 366 g/mol. The zero-order valence-electron chi connectivity index (χ0n) is 14.8. The Labute approximate surface area is 161 Å². The summed E-state index contributed by atoms with van der Waals surface area (Å²) < 4.78 is 5.14. The maximum Gasteiger partial charge on any atom is 0.323 e. The molecule has 0 unspecified atom stereocenters. The topological polar surface area (TPSA) is 88.2 Å². The third-order valence-electron chi connectivity index (χ3n) is 3.56. The summed E-state index contributed by atoms with van der Waals surface area (Å²) in [4.78, 5) is 20.5. The van der Waals surface area contributed by atoms with Crippen LogP contribution in [0.15, 0.2) is 54.6 Å². The minimum atomic E-state index is -0.375. The van der Waals surface area contributed by atoms with E-state index in [4.69, 9.17) is 16.3 Å². The first-order valence-electron chi connectivity index (χ1n) is 8.13. The molecule has 27 heavy (non-hydrogen) atoms. The number of benzene rings is 2. The summed E-state index contributed by atoms with van der Waals surface area (Å²) in [5.74, 6) is 1.71. The lowest BCUT2D eigenvalue weighted by Gasteiger charge is -2.11. The SMILES string of the molecule is COc1cc(Nc2ccc(NC(=O)Nc3ccccc3Cl)cc2)nc(C)n1. The Kier molecular flexibility index (Phi) is 5.73. The Hall–Kier alpha value is -3.32. The molecule has 0 fully saturated rings. The summed E-state index contributed by atoms with van der Waals surface area (Å²) >= 11 is 6.03. The van der Waals surface area contributed by atoms with Crippen molar-refractivity contribution < 1.29 is 9.53 Å². The number of nitrogens with one attached hydrogen (secondary N) is 3. The standard InChI is InChI=1S/C19H18ClN5O2/c1-12-21-17(11-18(22-12)27-2)23-13-7-9-14(10-8-13)24-19(26)25-16-6-4-3-5-15(16)20/h3-11H,1-2H3,(H,21,22,23)(H2,24,25,26). The fourth-order valence-electron chi connectivity index (χ4n) is 2.34. The first-order chi connectivity index (χ1) is 13.0. The molecular formula is C19H18ClN5O2. The van der Waals surface area contributed by atoms with Gasteiger partial charge in [-0.3, -0.25) is 0 Å². The second kappa shape index (κ2) is 8.37. The number of urea groups is 1. The van der Waals surface area contributed by atoms with Gasteiger partial charge in [-0.25, -0.2) is 9.78 Å². The summed E-state index contributed by atoms with van der Waals surface area (Å²) in [6.45, 7) is 1.79. The smallest absolute Gasteiger partial charge is 0.323 e. The Morgan fingerprint density at radius 2 is 1.70 bits per heavy atom. The van der Waals surface area contributed by atoms with Crippen molar-refractivity contribution in [3.8, 4) is 5.88 Å². The molecule has 8 heteroatoms. The van der Waals surface area contributed by atoms with Crippen molar-refractivity contribution in [3.63, 3.8) is 0 Å². The Balaban J connectivity index is 1.62. The normalized spacial score (nSPS) is 10.2. The lowest BCUT2D eigenvalue weighted by Crippen LogP contribution is -2.19. The van der Waals surface area contributed by atoms with Crippen molar-refractivity contribution in [2.75, 3.05) is 23.1 Å². The Bertz CT molecular complexity index is 947. The molecule has 0 spiro atoms. The molecule has 0 aliphatic carbocycles. The van der Waals surface area contributed by atoms with Crippen molar-refractivity contribution in [1.82, 2.24) is 9.97 Å². The van der Waals surface area contributed by atoms with Crippen LogP contribution in [0.1, 0.15) is 5.82 Å². The summed E-state index contributed by atoms with van der Waals surface area (Å²) in [7, 11) is 1.56. The van der Waals surface area contributed by atoms with Crippen molar-refractivity contribution in [2.45, 2.75) is 6.92 Å². The van der Waals surface area contributed by atoms with Gasteiger partial charge in [-0.15, -0.1) is 0 Å². The Morgan fingerprint density at radius 3 is 2.41 bits per heavy atom. The van der Waals surface area contributed by atoms with Crippen LogP contribution in [0.25, 0.3) is 0 Å². The molecule has 7 nitrogen and oxygen atoms in total. The average molecular weight is 384 g/mol. The minimum absolute atomic E-state index is 0.375. The number of ether oxygens (including phenoxy) is 1. The van der Waals surface area contributed by atoms with Gasteiger partial charge in [-0.2, -0.15) is 4.98 Å². The molecule has 3 N–H and O–H groups in total. The number of amides is 2. The molecule has 2 aromatic carbocycles. The number of carbonyl (C=O) groups is 1. The highest BCUT2D eigenvalue weighted by Gasteiger charge is 2.06. The van der Waals surface area contributed by atoms with E-state index in [2.05, 4.69) is 25.9 Å². The molecule has 3 rings (SSSR count). The van der Waals surface area contributed by atoms with Crippen LogP contribution in [-0.2, 0) is 0 Å². The zero-order valence-corrected chi connectivity index (χ0v) is 15.5. The van der Waals surface area contributed by atoms with E-state index in [1.165, 1.54) is 0 Å². The third-order valence-corrected chi connectivity index (χ3v) is 3.89. The van der Waals surface area contributed by atoms with Gasteiger partial charge in [0.25, 0.3) is 0 Å². The van der Waals surface area contributed by atoms with Crippen LogP contribution < -0.4 is 20.7 Å². The number of aryl methyl sites for hydroxylation is 1. The van der Waals surface area contributed by atoms with Crippen molar-refractivity contribution >= 4 is 40.5 Å². The van der Waals surface area contributed by atoms with Crippen LogP contribution in [0, 0.1) is 6.92 Å². The van der Waals surface area contributed by atoms with Gasteiger partial charge in [0.1, 0.15) is 11.6 Å². The number of carbonyl (C=O) groups excluding carboxylic acids is 1. The maximum absolute atomic E-state index is 12.1. The Morgan fingerprint density at radius 1 is 1.00 bits per heavy atom. The molecule has 2 amide bonds.